The van der Waals surface area contributed by atoms with E-state index in [9.17, 15) is 4.79 Å². The molecule has 0 aliphatic carbocycles. The highest BCUT2D eigenvalue weighted by atomic mass is 16.5. The third-order valence-corrected chi connectivity index (χ3v) is 1.27. The zero-order valence-corrected chi connectivity index (χ0v) is 6.37. The van der Waals surface area contributed by atoms with Crippen molar-refractivity contribution in [3.63, 3.8) is 0 Å². The summed E-state index contributed by atoms with van der Waals surface area (Å²) in [6.45, 7) is 1.76. The van der Waals surface area contributed by atoms with E-state index >= 15 is 0 Å². The van der Waals surface area contributed by atoms with Crippen LogP contribution in [0.15, 0.2) is 12.5 Å². The summed E-state index contributed by atoms with van der Waals surface area (Å²) < 4.78 is 4.49. The zero-order chi connectivity index (χ0) is 8.27. The first kappa shape index (κ1) is 7.65. The van der Waals surface area contributed by atoms with Gasteiger partial charge < -0.3 is 4.74 Å². The first-order valence-electron chi connectivity index (χ1n) is 3.10. The maximum Gasteiger partial charge on any atom is 0.357 e. The maximum atomic E-state index is 10.9. The Balaban J connectivity index is 3.03. The largest absolute Gasteiger partial charge is 0.464 e. The molecule has 11 heavy (non-hydrogen) atoms. The number of aryl methyl sites for hydroxylation is 1. The molecule has 0 aromatic carbocycles. The van der Waals surface area contributed by atoms with E-state index in [-0.39, 0.29) is 0 Å². The fourth-order valence-corrected chi connectivity index (χ4v) is 0.710. The highest BCUT2D eigenvalue weighted by Crippen LogP contribution is 2.01. The van der Waals surface area contributed by atoms with E-state index in [2.05, 4.69) is 14.7 Å². The molecule has 0 bridgehead atoms. The Kier molecular flexibility index (Phi) is 2.15. The van der Waals surface area contributed by atoms with Gasteiger partial charge in [0.1, 0.15) is 6.33 Å². The van der Waals surface area contributed by atoms with E-state index in [4.69, 9.17) is 0 Å². The van der Waals surface area contributed by atoms with Gasteiger partial charge >= 0.3 is 5.97 Å². The lowest BCUT2D eigenvalue weighted by atomic mass is 10.2. The number of esters is 1. The van der Waals surface area contributed by atoms with Gasteiger partial charge in [0.05, 0.1) is 7.11 Å². The Morgan fingerprint density at radius 1 is 1.64 bits per heavy atom. The van der Waals surface area contributed by atoms with Crippen molar-refractivity contribution in [2.24, 2.45) is 0 Å². The van der Waals surface area contributed by atoms with Crippen LogP contribution in [-0.2, 0) is 4.74 Å². The molecule has 0 radical (unpaired) electrons. The number of ether oxygens (including phenoxy) is 1. The molecule has 0 saturated carbocycles. The predicted molar refractivity (Wildman–Crippen MR) is 38.1 cm³/mol. The normalized spacial score (nSPS) is 9.27. The predicted octanol–water partition coefficient (Wildman–Crippen LogP) is 0.572. The topological polar surface area (TPSA) is 52.1 Å². The number of carbonyl (C=O) groups excluding carboxylic acids is 1. The standard InChI is InChI=1S/C7H8N2O2/c1-5-3-8-4-9-6(5)7(10)11-2/h3-4H,1-2H3. The number of methoxy groups -OCH3 is 1. The van der Waals surface area contributed by atoms with Crippen molar-refractivity contribution in [1.29, 1.82) is 0 Å². The lowest BCUT2D eigenvalue weighted by Crippen LogP contribution is -2.06. The summed E-state index contributed by atoms with van der Waals surface area (Å²) in [7, 11) is 1.32. The minimum absolute atomic E-state index is 0.322. The molecule has 4 heteroatoms. The number of hydrogen-bond acceptors (Lipinski definition) is 4. The Morgan fingerprint density at radius 3 is 2.91 bits per heavy atom. The third-order valence-electron chi connectivity index (χ3n) is 1.27. The fourth-order valence-electron chi connectivity index (χ4n) is 0.710. The smallest absolute Gasteiger partial charge is 0.357 e. The first-order chi connectivity index (χ1) is 5.25. The summed E-state index contributed by atoms with van der Waals surface area (Å²) in [4.78, 5) is 18.4. The number of carbonyl (C=O) groups is 1. The zero-order valence-electron chi connectivity index (χ0n) is 6.37. The second kappa shape index (κ2) is 3.09. The van der Waals surface area contributed by atoms with Crippen molar-refractivity contribution in [3.8, 4) is 0 Å². The molecule has 0 saturated heterocycles. The minimum atomic E-state index is -0.426. The second-order valence-electron chi connectivity index (χ2n) is 2.05. The average molecular weight is 152 g/mol. The number of nitrogens with zero attached hydrogens (tertiary/aromatic N) is 2. The van der Waals surface area contributed by atoms with E-state index in [1.54, 1.807) is 13.1 Å². The molecule has 0 N–H and O–H groups in total. The Labute approximate surface area is 64.2 Å². The third kappa shape index (κ3) is 1.52. The van der Waals surface area contributed by atoms with Crippen LogP contribution in [0.1, 0.15) is 16.1 Å². The summed E-state index contributed by atoms with van der Waals surface area (Å²) >= 11 is 0. The molecule has 0 amide bonds. The molecule has 58 valence electrons. The molecule has 4 nitrogen and oxygen atoms in total. The quantitative estimate of drug-likeness (QED) is 0.552. The van der Waals surface area contributed by atoms with Crippen molar-refractivity contribution >= 4 is 5.97 Å². The fraction of sp³-hybridized carbons (Fsp3) is 0.286. The van der Waals surface area contributed by atoms with Crippen LogP contribution in [-0.4, -0.2) is 23.0 Å². The van der Waals surface area contributed by atoms with Gasteiger partial charge in [0.15, 0.2) is 5.69 Å². The van der Waals surface area contributed by atoms with Crippen LogP contribution in [0.3, 0.4) is 0 Å². The maximum absolute atomic E-state index is 10.9. The summed E-state index contributed by atoms with van der Waals surface area (Å²) in [5, 5.41) is 0. The summed E-state index contributed by atoms with van der Waals surface area (Å²) in [6, 6.07) is 0. The number of hydrogen-bond donors (Lipinski definition) is 0. The van der Waals surface area contributed by atoms with Gasteiger partial charge in [-0.25, -0.2) is 14.8 Å². The van der Waals surface area contributed by atoms with Crippen molar-refractivity contribution in [2.75, 3.05) is 7.11 Å². The van der Waals surface area contributed by atoms with Crippen LogP contribution in [0, 0.1) is 6.92 Å². The van der Waals surface area contributed by atoms with Crippen LogP contribution in [0.5, 0.6) is 0 Å². The van der Waals surface area contributed by atoms with Gasteiger partial charge in [-0.15, -0.1) is 0 Å². The van der Waals surface area contributed by atoms with Gasteiger partial charge in [-0.2, -0.15) is 0 Å². The van der Waals surface area contributed by atoms with E-state index in [1.165, 1.54) is 13.4 Å². The van der Waals surface area contributed by atoms with Gasteiger partial charge in [0.25, 0.3) is 0 Å². The molecule has 0 aliphatic heterocycles. The Hall–Kier alpha value is -1.45. The van der Waals surface area contributed by atoms with Crippen molar-refractivity contribution in [1.82, 2.24) is 9.97 Å². The van der Waals surface area contributed by atoms with Gasteiger partial charge in [-0.1, -0.05) is 0 Å². The Bertz CT molecular complexity index is 273. The molecule has 1 aromatic rings. The molecule has 0 unspecified atom stereocenters. The number of aromatic nitrogens is 2. The van der Waals surface area contributed by atoms with Gasteiger partial charge in [0.2, 0.25) is 0 Å². The lowest BCUT2D eigenvalue weighted by Gasteiger charge is -1.99. The van der Waals surface area contributed by atoms with Gasteiger partial charge in [-0.05, 0) is 6.92 Å². The van der Waals surface area contributed by atoms with E-state index in [0.29, 0.717) is 5.69 Å². The van der Waals surface area contributed by atoms with Crippen molar-refractivity contribution < 1.29 is 9.53 Å². The lowest BCUT2D eigenvalue weighted by molar-refractivity contribution is 0.0593. The molecule has 0 atom stereocenters. The molecular weight excluding hydrogens is 144 g/mol. The second-order valence-corrected chi connectivity index (χ2v) is 2.05. The first-order valence-corrected chi connectivity index (χ1v) is 3.10. The van der Waals surface area contributed by atoms with E-state index < -0.39 is 5.97 Å². The highest BCUT2D eigenvalue weighted by Gasteiger charge is 2.08. The van der Waals surface area contributed by atoms with Crippen LogP contribution < -0.4 is 0 Å². The van der Waals surface area contributed by atoms with Crippen molar-refractivity contribution in [2.45, 2.75) is 6.92 Å². The highest BCUT2D eigenvalue weighted by molar-refractivity contribution is 5.88. The molecule has 0 spiro atoms. The Morgan fingerprint density at radius 2 is 2.36 bits per heavy atom. The summed E-state index contributed by atoms with van der Waals surface area (Å²) in [5.74, 6) is -0.426. The number of rotatable bonds is 1. The summed E-state index contributed by atoms with van der Waals surface area (Å²) in [5.41, 5.74) is 1.04. The minimum Gasteiger partial charge on any atom is -0.464 e. The van der Waals surface area contributed by atoms with Crippen LogP contribution in [0.4, 0.5) is 0 Å². The van der Waals surface area contributed by atoms with E-state index in [1.807, 2.05) is 0 Å². The van der Waals surface area contributed by atoms with Gasteiger partial charge in [0, 0.05) is 11.8 Å². The molecule has 1 aromatic heterocycles. The van der Waals surface area contributed by atoms with E-state index in [0.717, 1.165) is 5.56 Å². The molecule has 0 aliphatic rings. The molecular formula is C7H8N2O2. The summed E-state index contributed by atoms with van der Waals surface area (Å²) in [6.07, 6.45) is 2.89. The SMILES string of the molecule is COC(=O)c1ncncc1C. The average Bonchev–Trinajstić information content (AvgIpc) is 2.04. The van der Waals surface area contributed by atoms with Crippen LogP contribution in [0.25, 0.3) is 0 Å². The van der Waals surface area contributed by atoms with Crippen LogP contribution >= 0.6 is 0 Å². The van der Waals surface area contributed by atoms with Crippen molar-refractivity contribution in [3.05, 3.63) is 23.8 Å². The molecule has 1 rings (SSSR count). The molecule has 0 fully saturated rings. The van der Waals surface area contributed by atoms with Crippen LogP contribution in [0.2, 0.25) is 0 Å². The monoisotopic (exact) mass is 152 g/mol. The molecule has 1 heterocycles. The van der Waals surface area contributed by atoms with Gasteiger partial charge in [-0.3, -0.25) is 0 Å².